The highest BCUT2D eigenvalue weighted by molar-refractivity contribution is 5.22. The van der Waals surface area contributed by atoms with Crippen LogP contribution in [0.2, 0.25) is 0 Å². The van der Waals surface area contributed by atoms with Crippen LogP contribution in [0, 0.1) is 11.3 Å². The summed E-state index contributed by atoms with van der Waals surface area (Å²) in [4.78, 5) is 5.14. The molecule has 0 bridgehead atoms. The molecule has 0 amide bonds. The average Bonchev–Trinajstić information content (AvgIpc) is 2.57. The fourth-order valence-corrected chi connectivity index (χ4v) is 4.75. The van der Waals surface area contributed by atoms with Crippen LogP contribution in [0.3, 0.4) is 0 Å². The molecule has 2 unspecified atom stereocenters. The molecule has 0 aromatic rings. The lowest BCUT2D eigenvalue weighted by atomic mass is 9.71. The molecule has 0 radical (unpaired) electrons. The molecular formula is C24H48N2. The van der Waals surface area contributed by atoms with Crippen LogP contribution in [0.1, 0.15) is 93.4 Å². The number of hydrogen-bond donors (Lipinski definition) is 0. The zero-order valence-corrected chi connectivity index (χ0v) is 19.3. The Morgan fingerprint density at radius 1 is 1.08 bits per heavy atom. The summed E-state index contributed by atoms with van der Waals surface area (Å²) in [6, 6.07) is 0.695. The Bertz CT molecular complexity index is 420. The van der Waals surface area contributed by atoms with Crippen molar-refractivity contribution >= 4 is 0 Å². The van der Waals surface area contributed by atoms with Gasteiger partial charge in [-0.2, -0.15) is 0 Å². The van der Waals surface area contributed by atoms with E-state index in [0.29, 0.717) is 11.5 Å². The van der Waals surface area contributed by atoms with Crippen molar-refractivity contribution in [3.8, 4) is 0 Å². The van der Waals surface area contributed by atoms with E-state index in [4.69, 9.17) is 0 Å². The second-order valence-electron chi connectivity index (χ2n) is 9.60. The first kappa shape index (κ1) is 23.7. The van der Waals surface area contributed by atoms with E-state index in [2.05, 4.69) is 65.3 Å². The first-order valence-corrected chi connectivity index (χ1v) is 11.3. The number of allylic oxidation sites excluding steroid dienone is 2. The standard InChI is InChI=1S/C24H48N2/c1-9-26(10-2)18-12-14-22(5)25(8)19-20(3)15-16-23-21(4)13-11-17-24(23,6)7/h20,22H,9-19H2,1-8H3. The fraction of sp³-hybridized carbons (Fsp3) is 0.917. The first-order valence-electron chi connectivity index (χ1n) is 11.3. The lowest BCUT2D eigenvalue weighted by molar-refractivity contribution is 0.197. The van der Waals surface area contributed by atoms with Gasteiger partial charge >= 0.3 is 0 Å². The third kappa shape index (κ3) is 7.72. The molecule has 2 atom stereocenters. The van der Waals surface area contributed by atoms with Gasteiger partial charge in [0.05, 0.1) is 0 Å². The van der Waals surface area contributed by atoms with Gasteiger partial charge in [-0.1, -0.05) is 45.8 Å². The summed E-state index contributed by atoms with van der Waals surface area (Å²) < 4.78 is 0. The van der Waals surface area contributed by atoms with Gasteiger partial charge in [-0.15, -0.1) is 0 Å². The molecule has 1 rings (SSSR count). The number of nitrogens with zero attached hydrogens (tertiary/aromatic N) is 2. The van der Waals surface area contributed by atoms with Crippen molar-refractivity contribution in [1.82, 2.24) is 9.80 Å². The summed E-state index contributed by atoms with van der Waals surface area (Å²) in [6.45, 7) is 21.5. The molecule has 1 aliphatic carbocycles. The quantitative estimate of drug-likeness (QED) is 0.371. The van der Waals surface area contributed by atoms with Gasteiger partial charge in [0.25, 0.3) is 0 Å². The molecule has 0 saturated carbocycles. The van der Waals surface area contributed by atoms with E-state index in [0.717, 1.165) is 5.92 Å². The van der Waals surface area contributed by atoms with E-state index in [1.807, 2.05) is 0 Å². The maximum absolute atomic E-state index is 2.60. The number of hydrogen-bond acceptors (Lipinski definition) is 2. The van der Waals surface area contributed by atoms with Crippen molar-refractivity contribution in [2.75, 3.05) is 33.2 Å². The van der Waals surface area contributed by atoms with Crippen molar-refractivity contribution in [3.05, 3.63) is 11.1 Å². The highest BCUT2D eigenvalue weighted by Crippen LogP contribution is 2.42. The van der Waals surface area contributed by atoms with Crippen molar-refractivity contribution in [2.24, 2.45) is 11.3 Å². The van der Waals surface area contributed by atoms with Crippen molar-refractivity contribution in [3.63, 3.8) is 0 Å². The second kappa shape index (κ2) is 11.5. The van der Waals surface area contributed by atoms with Crippen molar-refractivity contribution < 1.29 is 0 Å². The van der Waals surface area contributed by atoms with Crippen LogP contribution in [0.25, 0.3) is 0 Å². The molecular weight excluding hydrogens is 316 g/mol. The Labute approximate surface area is 165 Å². The Morgan fingerprint density at radius 2 is 1.73 bits per heavy atom. The topological polar surface area (TPSA) is 6.48 Å². The zero-order chi connectivity index (χ0) is 19.7. The largest absolute Gasteiger partial charge is 0.304 e. The summed E-state index contributed by atoms with van der Waals surface area (Å²) in [6.07, 6.45) is 9.37. The van der Waals surface area contributed by atoms with Crippen molar-refractivity contribution in [2.45, 2.75) is 99.5 Å². The molecule has 0 spiro atoms. The third-order valence-electron chi connectivity index (χ3n) is 6.92. The van der Waals surface area contributed by atoms with E-state index < -0.39 is 0 Å². The Hall–Kier alpha value is -0.340. The minimum atomic E-state index is 0.436. The molecule has 0 N–H and O–H groups in total. The second-order valence-corrected chi connectivity index (χ2v) is 9.60. The summed E-state index contributed by atoms with van der Waals surface area (Å²) >= 11 is 0. The Kier molecular flexibility index (Phi) is 10.5. The Balaban J connectivity index is 2.36. The van der Waals surface area contributed by atoms with E-state index in [1.165, 1.54) is 71.1 Å². The van der Waals surface area contributed by atoms with Crippen LogP contribution in [-0.4, -0.2) is 49.1 Å². The molecule has 2 nitrogen and oxygen atoms in total. The maximum Gasteiger partial charge on any atom is 0.00644 e. The Morgan fingerprint density at radius 3 is 2.31 bits per heavy atom. The molecule has 1 aliphatic rings. The van der Waals surface area contributed by atoms with Gasteiger partial charge in [0.2, 0.25) is 0 Å². The molecule has 26 heavy (non-hydrogen) atoms. The molecule has 0 aromatic carbocycles. The molecule has 154 valence electrons. The van der Waals surface area contributed by atoms with Crippen LogP contribution < -0.4 is 0 Å². The summed E-state index contributed by atoms with van der Waals surface area (Å²) in [7, 11) is 2.33. The van der Waals surface area contributed by atoms with Gasteiger partial charge < -0.3 is 9.80 Å². The van der Waals surface area contributed by atoms with Gasteiger partial charge in [-0.25, -0.2) is 0 Å². The molecule has 0 fully saturated rings. The van der Waals surface area contributed by atoms with Crippen LogP contribution in [-0.2, 0) is 0 Å². The summed E-state index contributed by atoms with van der Waals surface area (Å²) in [5, 5.41) is 0. The van der Waals surface area contributed by atoms with E-state index in [9.17, 15) is 0 Å². The van der Waals surface area contributed by atoms with Gasteiger partial charge in [0.15, 0.2) is 0 Å². The first-order chi connectivity index (χ1) is 12.2. The maximum atomic E-state index is 2.60. The number of rotatable bonds is 12. The van der Waals surface area contributed by atoms with Crippen LogP contribution in [0.4, 0.5) is 0 Å². The van der Waals surface area contributed by atoms with Crippen molar-refractivity contribution in [1.29, 1.82) is 0 Å². The monoisotopic (exact) mass is 364 g/mol. The fourth-order valence-electron chi connectivity index (χ4n) is 4.75. The molecule has 0 aromatic heterocycles. The van der Waals surface area contributed by atoms with E-state index in [1.54, 1.807) is 11.1 Å². The lowest BCUT2D eigenvalue weighted by Gasteiger charge is -2.35. The van der Waals surface area contributed by atoms with Gasteiger partial charge in [0, 0.05) is 12.6 Å². The third-order valence-corrected chi connectivity index (χ3v) is 6.92. The van der Waals surface area contributed by atoms with E-state index >= 15 is 0 Å². The molecule has 0 aliphatic heterocycles. The van der Waals surface area contributed by atoms with Gasteiger partial charge in [0.1, 0.15) is 0 Å². The van der Waals surface area contributed by atoms with Gasteiger partial charge in [-0.05, 0) is 96.8 Å². The summed E-state index contributed by atoms with van der Waals surface area (Å²) in [5.74, 6) is 0.781. The minimum absolute atomic E-state index is 0.436. The highest BCUT2D eigenvalue weighted by atomic mass is 15.1. The predicted molar refractivity (Wildman–Crippen MR) is 118 cm³/mol. The summed E-state index contributed by atoms with van der Waals surface area (Å²) in [5.41, 5.74) is 3.89. The van der Waals surface area contributed by atoms with Crippen LogP contribution in [0.5, 0.6) is 0 Å². The minimum Gasteiger partial charge on any atom is -0.304 e. The van der Waals surface area contributed by atoms with E-state index in [-0.39, 0.29) is 0 Å². The molecule has 0 saturated heterocycles. The molecule has 2 heteroatoms. The molecule has 0 heterocycles. The van der Waals surface area contributed by atoms with Gasteiger partial charge in [-0.3, -0.25) is 0 Å². The predicted octanol–water partition coefficient (Wildman–Crippen LogP) is 6.37. The SMILES string of the molecule is CCN(CC)CCCC(C)N(C)CC(C)CCC1=C(C)CCCC1(C)C. The lowest BCUT2D eigenvalue weighted by Crippen LogP contribution is -2.34. The average molecular weight is 365 g/mol. The van der Waals surface area contributed by atoms with Crippen LogP contribution >= 0.6 is 0 Å². The van der Waals surface area contributed by atoms with Crippen LogP contribution in [0.15, 0.2) is 11.1 Å². The zero-order valence-electron chi connectivity index (χ0n) is 19.3. The normalized spacial score (nSPS) is 20.1. The highest BCUT2D eigenvalue weighted by Gasteiger charge is 2.28. The smallest absolute Gasteiger partial charge is 0.00644 e.